The molecule has 1 aromatic carbocycles. The van der Waals surface area contributed by atoms with Gasteiger partial charge in [-0.05, 0) is 24.6 Å². The van der Waals surface area contributed by atoms with Gasteiger partial charge in [-0.25, -0.2) is 0 Å². The SMILES string of the molecule is [CH2]c1cc(OC(C)=O)cc(OC(F)F)c1. The first kappa shape index (κ1) is 11.4. The maximum Gasteiger partial charge on any atom is 0.387 e. The summed E-state index contributed by atoms with van der Waals surface area (Å²) < 4.78 is 32.7. The van der Waals surface area contributed by atoms with E-state index in [-0.39, 0.29) is 11.5 Å². The van der Waals surface area contributed by atoms with Gasteiger partial charge in [0.1, 0.15) is 11.5 Å². The fourth-order valence-electron chi connectivity index (χ4n) is 1.03. The third-order valence-corrected chi connectivity index (χ3v) is 1.43. The summed E-state index contributed by atoms with van der Waals surface area (Å²) in [6.07, 6.45) is 0. The van der Waals surface area contributed by atoms with E-state index in [0.717, 1.165) is 0 Å². The number of rotatable bonds is 3. The second kappa shape index (κ2) is 4.72. The van der Waals surface area contributed by atoms with Crippen LogP contribution in [0.15, 0.2) is 18.2 Å². The van der Waals surface area contributed by atoms with Crippen LogP contribution in [0.4, 0.5) is 8.78 Å². The van der Waals surface area contributed by atoms with E-state index in [1.54, 1.807) is 0 Å². The number of alkyl halides is 2. The van der Waals surface area contributed by atoms with Crippen LogP contribution in [0.2, 0.25) is 0 Å². The fraction of sp³-hybridized carbons (Fsp3) is 0.200. The van der Waals surface area contributed by atoms with E-state index in [4.69, 9.17) is 4.74 Å². The summed E-state index contributed by atoms with van der Waals surface area (Å²) in [6, 6.07) is 3.96. The van der Waals surface area contributed by atoms with E-state index in [2.05, 4.69) is 11.7 Å². The molecule has 1 aromatic rings. The van der Waals surface area contributed by atoms with Crippen molar-refractivity contribution >= 4 is 5.97 Å². The fourth-order valence-corrected chi connectivity index (χ4v) is 1.03. The van der Waals surface area contributed by atoms with Crippen molar-refractivity contribution in [2.24, 2.45) is 0 Å². The summed E-state index contributed by atoms with van der Waals surface area (Å²) in [5.74, 6) is -0.497. The topological polar surface area (TPSA) is 35.5 Å². The molecule has 0 saturated carbocycles. The van der Waals surface area contributed by atoms with Gasteiger partial charge in [-0.1, -0.05) is 0 Å². The van der Waals surface area contributed by atoms with Crippen molar-refractivity contribution < 1.29 is 23.0 Å². The maximum atomic E-state index is 11.9. The Balaban J connectivity index is 2.89. The Labute approximate surface area is 85.6 Å². The van der Waals surface area contributed by atoms with Crippen molar-refractivity contribution in [3.63, 3.8) is 0 Å². The van der Waals surface area contributed by atoms with Gasteiger partial charge >= 0.3 is 12.6 Å². The molecule has 81 valence electrons. The van der Waals surface area contributed by atoms with Gasteiger partial charge in [0, 0.05) is 13.0 Å². The van der Waals surface area contributed by atoms with Gasteiger partial charge < -0.3 is 9.47 Å². The Hall–Kier alpha value is -1.65. The lowest BCUT2D eigenvalue weighted by molar-refractivity contribution is -0.131. The highest BCUT2D eigenvalue weighted by Crippen LogP contribution is 2.23. The van der Waals surface area contributed by atoms with Crippen LogP contribution in [0.25, 0.3) is 0 Å². The van der Waals surface area contributed by atoms with E-state index < -0.39 is 12.6 Å². The van der Waals surface area contributed by atoms with Crippen molar-refractivity contribution in [2.75, 3.05) is 0 Å². The van der Waals surface area contributed by atoms with Gasteiger partial charge in [-0.2, -0.15) is 8.78 Å². The van der Waals surface area contributed by atoms with Gasteiger partial charge in [0.2, 0.25) is 0 Å². The molecule has 0 amide bonds. The van der Waals surface area contributed by atoms with Crippen LogP contribution in [0.5, 0.6) is 11.5 Å². The molecule has 0 aliphatic heterocycles. The first-order valence-electron chi connectivity index (χ1n) is 4.07. The van der Waals surface area contributed by atoms with E-state index >= 15 is 0 Å². The van der Waals surface area contributed by atoms with Crippen LogP contribution in [0.3, 0.4) is 0 Å². The Kier molecular flexibility index (Phi) is 3.60. The number of ether oxygens (including phenoxy) is 2. The highest BCUT2D eigenvalue weighted by Gasteiger charge is 2.07. The van der Waals surface area contributed by atoms with Gasteiger partial charge in [-0.15, -0.1) is 0 Å². The van der Waals surface area contributed by atoms with Gasteiger partial charge in [-0.3, -0.25) is 4.79 Å². The molecule has 0 spiro atoms. The average Bonchev–Trinajstić information content (AvgIpc) is 1.98. The molecule has 0 aliphatic carbocycles. The Morgan fingerprint density at radius 1 is 1.33 bits per heavy atom. The van der Waals surface area contributed by atoms with Gasteiger partial charge in [0.25, 0.3) is 0 Å². The molecule has 0 saturated heterocycles. The number of hydrogen-bond donors (Lipinski definition) is 0. The monoisotopic (exact) mass is 215 g/mol. The second-order valence-electron chi connectivity index (χ2n) is 2.78. The molecule has 0 N–H and O–H groups in total. The van der Waals surface area contributed by atoms with Crippen molar-refractivity contribution in [2.45, 2.75) is 13.5 Å². The Morgan fingerprint density at radius 2 is 1.93 bits per heavy atom. The standard InChI is InChI=1S/C10H9F2O3/c1-6-3-8(14-7(2)13)5-9(4-6)15-10(11)12/h3-5,10H,1H2,2H3. The number of benzene rings is 1. The van der Waals surface area contributed by atoms with E-state index in [9.17, 15) is 13.6 Å². The molecule has 15 heavy (non-hydrogen) atoms. The third-order valence-electron chi connectivity index (χ3n) is 1.43. The molecule has 0 atom stereocenters. The zero-order chi connectivity index (χ0) is 11.4. The highest BCUT2D eigenvalue weighted by atomic mass is 19.3. The molecular formula is C10H9F2O3. The molecule has 1 radical (unpaired) electrons. The molecule has 3 nitrogen and oxygen atoms in total. The first-order chi connectivity index (χ1) is 6.97. The van der Waals surface area contributed by atoms with Crippen molar-refractivity contribution in [1.82, 2.24) is 0 Å². The lowest BCUT2D eigenvalue weighted by atomic mass is 10.2. The summed E-state index contributed by atoms with van der Waals surface area (Å²) >= 11 is 0. The highest BCUT2D eigenvalue weighted by molar-refractivity contribution is 5.69. The summed E-state index contributed by atoms with van der Waals surface area (Å²) in [5, 5.41) is 0. The van der Waals surface area contributed by atoms with Crippen LogP contribution in [-0.4, -0.2) is 12.6 Å². The Bertz CT molecular complexity index is 364. The average molecular weight is 215 g/mol. The maximum absolute atomic E-state index is 11.9. The van der Waals surface area contributed by atoms with Crippen LogP contribution in [0.1, 0.15) is 12.5 Å². The smallest absolute Gasteiger partial charge is 0.387 e. The van der Waals surface area contributed by atoms with Crippen molar-refractivity contribution in [3.05, 3.63) is 30.7 Å². The number of halogens is 2. The summed E-state index contributed by atoms with van der Waals surface area (Å²) in [4.78, 5) is 10.6. The van der Waals surface area contributed by atoms with Crippen LogP contribution >= 0.6 is 0 Å². The minimum atomic E-state index is -2.92. The Morgan fingerprint density at radius 3 is 2.47 bits per heavy atom. The molecule has 0 unspecified atom stereocenters. The van der Waals surface area contributed by atoms with E-state index in [1.807, 2.05) is 0 Å². The lowest BCUT2D eigenvalue weighted by Crippen LogP contribution is -2.04. The summed E-state index contributed by atoms with van der Waals surface area (Å²) in [7, 11) is 0. The predicted octanol–water partition coefficient (Wildman–Crippen LogP) is 2.40. The normalized spacial score (nSPS) is 10.2. The third kappa shape index (κ3) is 3.93. The molecular weight excluding hydrogens is 206 g/mol. The largest absolute Gasteiger partial charge is 0.435 e. The van der Waals surface area contributed by atoms with E-state index in [1.165, 1.54) is 25.1 Å². The van der Waals surface area contributed by atoms with Crippen molar-refractivity contribution in [1.29, 1.82) is 0 Å². The van der Waals surface area contributed by atoms with Crippen LogP contribution in [0, 0.1) is 6.92 Å². The molecule has 0 heterocycles. The number of hydrogen-bond acceptors (Lipinski definition) is 3. The molecule has 0 bridgehead atoms. The van der Waals surface area contributed by atoms with Gasteiger partial charge in [0.15, 0.2) is 0 Å². The number of esters is 1. The van der Waals surface area contributed by atoms with Crippen molar-refractivity contribution in [3.8, 4) is 11.5 Å². The number of carbonyl (C=O) groups is 1. The zero-order valence-electron chi connectivity index (χ0n) is 8.00. The zero-order valence-corrected chi connectivity index (χ0v) is 8.00. The minimum absolute atomic E-state index is 0.0891. The molecule has 1 rings (SSSR count). The molecule has 5 heteroatoms. The predicted molar refractivity (Wildman–Crippen MR) is 48.8 cm³/mol. The minimum Gasteiger partial charge on any atom is -0.435 e. The quantitative estimate of drug-likeness (QED) is 0.573. The van der Waals surface area contributed by atoms with Crippen LogP contribution < -0.4 is 9.47 Å². The van der Waals surface area contributed by atoms with Crippen LogP contribution in [-0.2, 0) is 4.79 Å². The summed E-state index contributed by atoms with van der Waals surface area (Å²) in [6.45, 7) is 1.83. The number of carbonyl (C=O) groups excluding carboxylic acids is 1. The summed E-state index contributed by atoms with van der Waals surface area (Å²) in [5.41, 5.74) is 0.421. The first-order valence-corrected chi connectivity index (χ1v) is 4.07. The molecule has 0 aromatic heterocycles. The molecule has 0 fully saturated rings. The molecule has 0 aliphatic rings. The van der Waals surface area contributed by atoms with Gasteiger partial charge in [0.05, 0.1) is 0 Å². The van der Waals surface area contributed by atoms with E-state index in [0.29, 0.717) is 5.56 Å². The lowest BCUT2D eigenvalue weighted by Gasteiger charge is -2.08. The second-order valence-corrected chi connectivity index (χ2v) is 2.78.